The van der Waals surface area contributed by atoms with E-state index in [0.29, 0.717) is 22.5 Å². The second-order valence-electron chi connectivity index (χ2n) is 6.34. The van der Waals surface area contributed by atoms with Crippen LogP contribution in [0.4, 0.5) is 0 Å². The number of aromatic nitrogens is 4. The highest BCUT2D eigenvalue weighted by Gasteiger charge is 2.21. The molecule has 4 rings (SSSR count). The SMILES string of the molecule is C[C@H]1CCCN(C(=O)CSc2nnc3c(n2)[nH]c2ccccc23)C1. The van der Waals surface area contributed by atoms with E-state index in [2.05, 4.69) is 27.1 Å². The number of nitrogens with zero attached hydrogens (tertiary/aromatic N) is 4. The molecule has 0 spiro atoms. The second-order valence-corrected chi connectivity index (χ2v) is 7.28. The van der Waals surface area contributed by atoms with E-state index in [9.17, 15) is 4.79 Å². The summed E-state index contributed by atoms with van der Waals surface area (Å²) in [5.74, 6) is 1.11. The van der Waals surface area contributed by atoms with Crippen LogP contribution in [0, 0.1) is 5.92 Å². The van der Waals surface area contributed by atoms with Crippen LogP contribution in [0.2, 0.25) is 0 Å². The number of carbonyl (C=O) groups excluding carboxylic acids is 1. The third-order valence-electron chi connectivity index (χ3n) is 4.44. The Morgan fingerprint density at radius 1 is 1.38 bits per heavy atom. The Balaban J connectivity index is 1.48. The van der Waals surface area contributed by atoms with E-state index in [-0.39, 0.29) is 5.91 Å². The largest absolute Gasteiger partial charge is 0.342 e. The molecule has 7 heteroatoms. The number of aromatic amines is 1. The molecule has 0 bridgehead atoms. The van der Waals surface area contributed by atoms with Gasteiger partial charge in [0, 0.05) is 24.0 Å². The topological polar surface area (TPSA) is 74.8 Å². The van der Waals surface area contributed by atoms with E-state index >= 15 is 0 Å². The highest BCUT2D eigenvalue weighted by atomic mass is 32.2. The molecule has 1 N–H and O–H groups in total. The number of rotatable bonds is 3. The zero-order chi connectivity index (χ0) is 16.5. The standard InChI is InChI=1S/C17H19N5OS/c1-11-5-4-8-22(9-11)14(23)10-24-17-19-16-15(20-21-17)12-6-2-3-7-13(12)18-16/h2-3,6-7,11H,4-5,8-10H2,1H3,(H,18,19,21)/t11-/m0/s1. The van der Waals surface area contributed by atoms with E-state index < -0.39 is 0 Å². The fraction of sp³-hybridized carbons (Fsp3) is 0.412. The molecule has 0 unspecified atom stereocenters. The lowest BCUT2D eigenvalue weighted by Gasteiger charge is -2.30. The average molecular weight is 341 g/mol. The monoisotopic (exact) mass is 341 g/mol. The van der Waals surface area contributed by atoms with Gasteiger partial charge in [-0.05, 0) is 24.8 Å². The molecule has 1 fully saturated rings. The summed E-state index contributed by atoms with van der Waals surface area (Å²) in [6.45, 7) is 3.92. The number of benzene rings is 1. The Morgan fingerprint density at radius 3 is 3.12 bits per heavy atom. The van der Waals surface area contributed by atoms with Gasteiger partial charge in [0.25, 0.3) is 0 Å². The number of thioether (sulfide) groups is 1. The number of H-pyrrole nitrogens is 1. The molecular formula is C17H19N5OS. The highest BCUT2D eigenvalue weighted by molar-refractivity contribution is 7.99. The summed E-state index contributed by atoms with van der Waals surface area (Å²) in [4.78, 5) is 22.1. The predicted octanol–water partition coefficient (Wildman–Crippen LogP) is 2.86. The molecule has 2 aromatic heterocycles. The lowest BCUT2D eigenvalue weighted by atomic mass is 10.0. The zero-order valence-electron chi connectivity index (χ0n) is 13.5. The molecule has 1 saturated heterocycles. The van der Waals surface area contributed by atoms with Crippen LogP contribution in [0.15, 0.2) is 29.4 Å². The Hall–Kier alpha value is -2.15. The number of piperidine rings is 1. The van der Waals surface area contributed by atoms with Gasteiger partial charge < -0.3 is 9.88 Å². The first-order chi connectivity index (χ1) is 11.7. The van der Waals surface area contributed by atoms with E-state index in [4.69, 9.17) is 0 Å². The van der Waals surface area contributed by atoms with Gasteiger partial charge in [0.05, 0.1) is 5.75 Å². The smallest absolute Gasteiger partial charge is 0.233 e. The lowest BCUT2D eigenvalue weighted by molar-refractivity contribution is -0.130. The number of para-hydroxylation sites is 1. The van der Waals surface area contributed by atoms with E-state index in [1.54, 1.807) is 0 Å². The van der Waals surface area contributed by atoms with Gasteiger partial charge in [-0.1, -0.05) is 36.9 Å². The molecule has 1 aliphatic heterocycles. The molecule has 24 heavy (non-hydrogen) atoms. The first-order valence-corrected chi connectivity index (χ1v) is 9.21. The quantitative estimate of drug-likeness (QED) is 0.742. The minimum Gasteiger partial charge on any atom is -0.342 e. The van der Waals surface area contributed by atoms with Crippen molar-refractivity contribution >= 4 is 39.7 Å². The third kappa shape index (κ3) is 2.96. The van der Waals surface area contributed by atoms with Gasteiger partial charge in [-0.3, -0.25) is 4.79 Å². The molecule has 3 aromatic rings. The first kappa shape index (κ1) is 15.4. The molecule has 124 valence electrons. The fourth-order valence-electron chi connectivity index (χ4n) is 3.20. The molecule has 6 nitrogen and oxygen atoms in total. The van der Waals surface area contributed by atoms with Crippen LogP contribution in [0.1, 0.15) is 19.8 Å². The number of amides is 1. The van der Waals surface area contributed by atoms with Crippen molar-refractivity contribution in [2.75, 3.05) is 18.8 Å². The summed E-state index contributed by atoms with van der Waals surface area (Å²) in [7, 11) is 0. The maximum atomic E-state index is 12.3. The maximum absolute atomic E-state index is 12.3. The van der Waals surface area contributed by atoms with Crippen molar-refractivity contribution in [1.82, 2.24) is 25.1 Å². The van der Waals surface area contributed by atoms with Crippen molar-refractivity contribution in [3.8, 4) is 0 Å². The second kappa shape index (κ2) is 6.39. The normalized spacial score (nSPS) is 18.4. The predicted molar refractivity (Wildman–Crippen MR) is 94.9 cm³/mol. The van der Waals surface area contributed by atoms with Gasteiger partial charge in [0.1, 0.15) is 5.52 Å². The van der Waals surface area contributed by atoms with E-state index in [1.807, 2.05) is 29.2 Å². The van der Waals surface area contributed by atoms with Gasteiger partial charge >= 0.3 is 0 Å². The summed E-state index contributed by atoms with van der Waals surface area (Å²) < 4.78 is 0. The number of hydrogen-bond acceptors (Lipinski definition) is 5. The maximum Gasteiger partial charge on any atom is 0.233 e. The van der Waals surface area contributed by atoms with Gasteiger partial charge in [-0.25, -0.2) is 4.98 Å². The Labute approximate surface area is 144 Å². The van der Waals surface area contributed by atoms with Crippen molar-refractivity contribution < 1.29 is 4.79 Å². The van der Waals surface area contributed by atoms with Gasteiger partial charge in [-0.15, -0.1) is 10.2 Å². The third-order valence-corrected chi connectivity index (χ3v) is 5.26. The summed E-state index contributed by atoms with van der Waals surface area (Å²) in [5, 5.41) is 10.0. The average Bonchev–Trinajstić information content (AvgIpc) is 2.97. The Kier molecular flexibility index (Phi) is 4.10. The van der Waals surface area contributed by atoms with Crippen LogP contribution in [0.3, 0.4) is 0 Å². The van der Waals surface area contributed by atoms with Crippen LogP contribution in [-0.4, -0.2) is 49.8 Å². The van der Waals surface area contributed by atoms with Crippen molar-refractivity contribution in [2.45, 2.75) is 24.9 Å². The molecule has 1 aliphatic rings. The summed E-state index contributed by atoms with van der Waals surface area (Å²) in [6.07, 6.45) is 2.30. The number of fused-ring (bicyclic) bond motifs is 3. The van der Waals surface area contributed by atoms with Crippen molar-refractivity contribution in [2.24, 2.45) is 5.92 Å². The molecule has 3 heterocycles. The van der Waals surface area contributed by atoms with Crippen molar-refractivity contribution in [3.63, 3.8) is 0 Å². The zero-order valence-corrected chi connectivity index (χ0v) is 14.3. The van der Waals surface area contributed by atoms with Crippen LogP contribution < -0.4 is 0 Å². The van der Waals surface area contributed by atoms with Crippen LogP contribution in [0.5, 0.6) is 0 Å². The first-order valence-electron chi connectivity index (χ1n) is 8.22. The summed E-state index contributed by atoms with van der Waals surface area (Å²) in [5.41, 5.74) is 2.48. The highest BCUT2D eigenvalue weighted by Crippen LogP contribution is 2.23. The molecular weight excluding hydrogens is 322 g/mol. The molecule has 0 saturated carbocycles. The minimum atomic E-state index is 0.159. The lowest BCUT2D eigenvalue weighted by Crippen LogP contribution is -2.40. The number of hydrogen-bond donors (Lipinski definition) is 1. The van der Waals surface area contributed by atoms with Gasteiger partial charge in [-0.2, -0.15) is 0 Å². The van der Waals surface area contributed by atoms with E-state index in [0.717, 1.165) is 35.9 Å². The number of carbonyl (C=O) groups is 1. The van der Waals surface area contributed by atoms with Crippen LogP contribution in [0.25, 0.3) is 22.1 Å². The molecule has 1 amide bonds. The number of nitrogens with one attached hydrogen (secondary N) is 1. The Bertz CT molecular complexity index is 893. The fourth-order valence-corrected chi connectivity index (χ4v) is 3.89. The van der Waals surface area contributed by atoms with Crippen molar-refractivity contribution in [3.05, 3.63) is 24.3 Å². The molecule has 0 radical (unpaired) electrons. The van der Waals surface area contributed by atoms with E-state index in [1.165, 1.54) is 18.2 Å². The van der Waals surface area contributed by atoms with Gasteiger partial charge in [0.15, 0.2) is 5.65 Å². The van der Waals surface area contributed by atoms with Crippen LogP contribution >= 0.6 is 11.8 Å². The summed E-state index contributed by atoms with van der Waals surface area (Å²) >= 11 is 1.35. The molecule has 1 aromatic carbocycles. The van der Waals surface area contributed by atoms with Crippen molar-refractivity contribution in [1.29, 1.82) is 0 Å². The summed E-state index contributed by atoms with van der Waals surface area (Å²) in [6, 6.07) is 7.93. The number of likely N-dealkylation sites (tertiary alicyclic amines) is 1. The molecule has 0 aliphatic carbocycles. The minimum absolute atomic E-state index is 0.159. The van der Waals surface area contributed by atoms with Crippen LogP contribution in [-0.2, 0) is 4.79 Å². The van der Waals surface area contributed by atoms with Gasteiger partial charge in [0.2, 0.25) is 11.1 Å². The Morgan fingerprint density at radius 2 is 2.25 bits per heavy atom. The molecule has 1 atom stereocenters.